The zero-order chi connectivity index (χ0) is 23.5. The Morgan fingerprint density at radius 2 is 1.91 bits per heavy atom. The number of anilines is 2. The topological polar surface area (TPSA) is 91.0 Å². The zero-order valence-corrected chi connectivity index (χ0v) is 20.3. The van der Waals surface area contributed by atoms with E-state index in [1.807, 2.05) is 35.2 Å². The van der Waals surface area contributed by atoms with Crippen LogP contribution >= 0.6 is 22.7 Å². The number of aromatic amines is 1. The van der Waals surface area contributed by atoms with Crippen molar-refractivity contribution in [1.29, 1.82) is 0 Å². The first-order chi connectivity index (χ1) is 17.1. The highest BCUT2D eigenvalue weighted by molar-refractivity contribution is 7.19. The maximum Gasteiger partial charge on any atom is 0.305 e. The average Bonchev–Trinajstić information content (AvgIpc) is 3.56. The third-order valence-electron chi connectivity index (χ3n) is 7.03. The number of nitrogens with zero attached hydrogens (tertiary/aromatic N) is 3. The van der Waals surface area contributed by atoms with E-state index in [-0.39, 0.29) is 16.7 Å². The van der Waals surface area contributed by atoms with Crippen molar-refractivity contribution < 1.29 is 4.79 Å². The van der Waals surface area contributed by atoms with Gasteiger partial charge in [0, 0.05) is 29.6 Å². The van der Waals surface area contributed by atoms with Crippen LogP contribution in [-0.2, 0) is 30.7 Å². The highest BCUT2D eigenvalue weighted by Crippen LogP contribution is 2.41. The van der Waals surface area contributed by atoms with E-state index in [2.05, 4.69) is 32.4 Å². The minimum atomic E-state index is -0.0598. The second-order valence-electron chi connectivity index (χ2n) is 9.16. The minimum absolute atomic E-state index is 0.00742. The number of nitrogens with one attached hydrogen (secondary N) is 2. The molecule has 174 valence electrons. The molecule has 0 spiro atoms. The number of fused-ring (bicyclic) bond motifs is 5. The van der Waals surface area contributed by atoms with Gasteiger partial charge >= 0.3 is 4.87 Å². The van der Waals surface area contributed by atoms with Crippen molar-refractivity contribution in [3.63, 3.8) is 0 Å². The third kappa shape index (κ3) is 3.54. The maximum atomic E-state index is 13.4. The first kappa shape index (κ1) is 20.8. The van der Waals surface area contributed by atoms with Crippen LogP contribution < -0.4 is 10.2 Å². The van der Waals surface area contributed by atoms with E-state index in [1.54, 1.807) is 17.7 Å². The van der Waals surface area contributed by atoms with Gasteiger partial charge in [-0.1, -0.05) is 35.6 Å². The van der Waals surface area contributed by atoms with Crippen LogP contribution in [0.4, 0.5) is 11.5 Å². The molecule has 7 nitrogen and oxygen atoms in total. The molecular formula is C26H21N5O2S2. The van der Waals surface area contributed by atoms with Crippen molar-refractivity contribution in [3.8, 4) is 0 Å². The lowest BCUT2D eigenvalue weighted by atomic mass is 9.87. The van der Waals surface area contributed by atoms with Gasteiger partial charge in [0.05, 0.1) is 15.6 Å². The van der Waals surface area contributed by atoms with E-state index in [9.17, 15) is 9.59 Å². The molecule has 1 aliphatic heterocycles. The Morgan fingerprint density at radius 3 is 2.74 bits per heavy atom. The first-order valence-electron chi connectivity index (χ1n) is 11.6. The molecule has 2 aromatic carbocycles. The van der Waals surface area contributed by atoms with Crippen LogP contribution in [0.5, 0.6) is 0 Å². The van der Waals surface area contributed by atoms with Crippen molar-refractivity contribution in [2.75, 3.05) is 5.32 Å². The van der Waals surface area contributed by atoms with Gasteiger partial charge in [-0.15, -0.1) is 11.3 Å². The Bertz CT molecular complexity index is 1660. The summed E-state index contributed by atoms with van der Waals surface area (Å²) in [6, 6.07) is 14.1. The maximum absolute atomic E-state index is 13.4. The van der Waals surface area contributed by atoms with E-state index in [0.717, 1.165) is 51.2 Å². The lowest BCUT2D eigenvalue weighted by Crippen LogP contribution is -2.34. The molecule has 0 bridgehead atoms. The Balaban J connectivity index is 1.16. The molecular weight excluding hydrogens is 478 g/mol. The number of carbonyl (C=O) groups excluding carboxylic acids is 1. The van der Waals surface area contributed by atoms with E-state index < -0.39 is 0 Å². The Morgan fingerprint density at radius 1 is 1.09 bits per heavy atom. The van der Waals surface area contributed by atoms with Crippen LogP contribution in [0.15, 0.2) is 53.6 Å². The molecule has 35 heavy (non-hydrogen) atoms. The Labute approximate surface area is 208 Å². The summed E-state index contributed by atoms with van der Waals surface area (Å²) in [6.07, 6.45) is 4.02. The molecule has 5 aromatic rings. The predicted molar refractivity (Wildman–Crippen MR) is 139 cm³/mol. The fourth-order valence-corrected chi connectivity index (χ4v) is 7.37. The van der Waals surface area contributed by atoms with Gasteiger partial charge in [-0.3, -0.25) is 9.59 Å². The highest BCUT2D eigenvalue weighted by atomic mass is 32.1. The van der Waals surface area contributed by atoms with Gasteiger partial charge in [-0.25, -0.2) is 9.97 Å². The van der Waals surface area contributed by atoms with E-state index in [1.165, 1.54) is 32.9 Å². The summed E-state index contributed by atoms with van der Waals surface area (Å²) >= 11 is 2.87. The first-order valence-corrected chi connectivity index (χ1v) is 13.3. The van der Waals surface area contributed by atoms with Gasteiger partial charge in [0.1, 0.15) is 17.0 Å². The molecule has 7 rings (SSSR count). The van der Waals surface area contributed by atoms with Crippen LogP contribution in [0.3, 0.4) is 0 Å². The number of thiazole rings is 1. The molecule has 2 aliphatic rings. The molecule has 0 radical (unpaired) electrons. The standard InChI is InChI=1S/C26H21N5O2S2/c32-25(31-11-15-3-1-2-4-16(15)12-31)14-5-7-18-20(9-14)34-24-22(18)23(27-13-28-24)29-17-6-8-19-21(10-17)35-26(33)30-19/h1-4,6,8,10,13-14H,5,7,9,11-12H2,(H,30,33)(H,27,28,29). The highest BCUT2D eigenvalue weighted by Gasteiger charge is 2.33. The molecule has 1 amide bonds. The zero-order valence-electron chi connectivity index (χ0n) is 18.7. The second-order valence-corrected chi connectivity index (χ2v) is 11.3. The van der Waals surface area contributed by atoms with Crippen molar-refractivity contribution >= 4 is 60.5 Å². The average molecular weight is 500 g/mol. The van der Waals surface area contributed by atoms with Gasteiger partial charge in [0.15, 0.2) is 0 Å². The van der Waals surface area contributed by atoms with Crippen molar-refractivity contribution in [1.82, 2.24) is 19.9 Å². The molecule has 1 atom stereocenters. The van der Waals surface area contributed by atoms with E-state index >= 15 is 0 Å². The summed E-state index contributed by atoms with van der Waals surface area (Å²) < 4.78 is 0.906. The number of carbonyl (C=O) groups is 1. The Hall–Kier alpha value is -3.56. The fraction of sp³-hybridized carbons (Fsp3) is 0.231. The predicted octanol–water partition coefficient (Wildman–Crippen LogP) is 4.99. The summed E-state index contributed by atoms with van der Waals surface area (Å²) in [7, 11) is 0. The smallest absolute Gasteiger partial charge is 0.305 e. The minimum Gasteiger partial charge on any atom is -0.340 e. The molecule has 0 saturated carbocycles. The van der Waals surface area contributed by atoms with Gasteiger partial charge in [0.25, 0.3) is 0 Å². The van der Waals surface area contributed by atoms with Crippen LogP contribution in [0, 0.1) is 5.92 Å². The molecule has 0 saturated heterocycles. The summed E-state index contributed by atoms with van der Waals surface area (Å²) in [5, 5.41) is 4.49. The van der Waals surface area contributed by atoms with Crippen molar-refractivity contribution in [2.24, 2.45) is 5.92 Å². The number of benzene rings is 2. The largest absolute Gasteiger partial charge is 0.340 e. The number of aryl methyl sites for hydroxylation is 1. The number of hydrogen-bond acceptors (Lipinski definition) is 7. The van der Waals surface area contributed by atoms with Crippen LogP contribution in [0.25, 0.3) is 20.4 Å². The molecule has 0 fully saturated rings. The number of H-pyrrole nitrogens is 1. The van der Waals surface area contributed by atoms with Crippen LogP contribution in [0.2, 0.25) is 0 Å². The SMILES string of the molecule is O=C(C1CCc2c(sc3ncnc(Nc4ccc5[nH]c(=O)sc5c4)c23)C1)N1Cc2ccccc2C1. The number of rotatable bonds is 3. The summed E-state index contributed by atoms with van der Waals surface area (Å²) in [5.41, 5.74) is 5.49. The van der Waals surface area contributed by atoms with Gasteiger partial charge in [0.2, 0.25) is 5.91 Å². The molecule has 1 aliphatic carbocycles. The summed E-state index contributed by atoms with van der Waals surface area (Å²) in [6.45, 7) is 1.43. The van der Waals surface area contributed by atoms with Crippen molar-refractivity contribution in [3.05, 3.63) is 80.0 Å². The molecule has 4 heterocycles. The Kier molecular flexibility index (Phi) is 4.75. The van der Waals surface area contributed by atoms with Crippen LogP contribution in [-0.4, -0.2) is 25.8 Å². The van der Waals surface area contributed by atoms with E-state index in [0.29, 0.717) is 13.1 Å². The number of thiophene rings is 1. The quantitative estimate of drug-likeness (QED) is 0.365. The van der Waals surface area contributed by atoms with Gasteiger partial charge in [-0.2, -0.15) is 0 Å². The summed E-state index contributed by atoms with van der Waals surface area (Å²) in [4.78, 5) is 41.1. The number of hydrogen-bond donors (Lipinski definition) is 2. The second kappa shape index (κ2) is 8.00. The monoisotopic (exact) mass is 499 g/mol. The van der Waals surface area contributed by atoms with E-state index in [4.69, 9.17) is 0 Å². The lowest BCUT2D eigenvalue weighted by Gasteiger charge is -2.26. The third-order valence-corrected chi connectivity index (χ3v) is 9.04. The normalized spacial score (nSPS) is 17.0. The number of aromatic nitrogens is 3. The molecule has 1 unspecified atom stereocenters. The molecule has 3 aromatic heterocycles. The summed E-state index contributed by atoms with van der Waals surface area (Å²) in [5.74, 6) is 1.04. The number of amides is 1. The van der Waals surface area contributed by atoms with Gasteiger partial charge < -0.3 is 15.2 Å². The van der Waals surface area contributed by atoms with Crippen LogP contribution in [0.1, 0.15) is 28.0 Å². The van der Waals surface area contributed by atoms with Gasteiger partial charge in [-0.05, 0) is 54.2 Å². The molecule has 2 N–H and O–H groups in total. The molecule has 9 heteroatoms. The van der Waals surface area contributed by atoms with Crippen molar-refractivity contribution in [2.45, 2.75) is 32.4 Å². The lowest BCUT2D eigenvalue weighted by molar-refractivity contribution is -0.136. The fourth-order valence-electron chi connectivity index (χ4n) is 5.32.